The molecule has 0 spiro atoms. The number of carbonyl (C=O) groups is 1. The zero-order valence-electron chi connectivity index (χ0n) is 15.5. The maximum atomic E-state index is 11.5. The Hall–Kier alpha value is -2.20. The highest BCUT2D eigenvalue weighted by Crippen LogP contribution is 2.29. The van der Waals surface area contributed by atoms with E-state index in [0.29, 0.717) is 6.42 Å². The third-order valence-electron chi connectivity index (χ3n) is 5.90. The molecule has 1 saturated carbocycles. The van der Waals surface area contributed by atoms with Crippen LogP contribution in [0.5, 0.6) is 0 Å². The fourth-order valence-corrected chi connectivity index (χ4v) is 3.99. The van der Waals surface area contributed by atoms with Crippen molar-refractivity contribution in [3.8, 4) is 11.3 Å². The second kappa shape index (κ2) is 7.58. The number of carbonyl (C=O) groups excluding carboxylic acids is 1. The molecule has 4 rings (SSSR count). The van der Waals surface area contributed by atoms with Crippen molar-refractivity contribution in [1.29, 1.82) is 0 Å². The highest BCUT2D eigenvalue weighted by atomic mass is 16.1. The molecule has 0 unspecified atom stereocenters. The molecular formula is C22H27N3O. The molecule has 0 atom stereocenters. The monoisotopic (exact) mass is 349 g/mol. The van der Waals surface area contributed by atoms with Gasteiger partial charge in [0.1, 0.15) is 0 Å². The van der Waals surface area contributed by atoms with Gasteiger partial charge in [0.05, 0.1) is 12.1 Å². The number of nitrogens with one attached hydrogen (secondary N) is 1. The van der Waals surface area contributed by atoms with Gasteiger partial charge in [0, 0.05) is 37.9 Å². The molecule has 1 amide bonds. The van der Waals surface area contributed by atoms with Gasteiger partial charge in [0.2, 0.25) is 5.91 Å². The van der Waals surface area contributed by atoms with Crippen molar-refractivity contribution in [1.82, 2.24) is 15.2 Å². The van der Waals surface area contributed by atoms with Crippen LogP contribution in [0.3, 0.4) is 0 Å². The summed E-state index contributed by atoms with van der Waals surface area (Å²) in [5, 5.41) is 2.65. The summed E-state index contributed by atoms with van der Waals surface area (Å²) in [4.78, 5) is 18.8. The fraction of sp³-hybridized carbons (Fsp3) is 0.455. The number of likely N-dealkylation sites (N-methyl/N-ethyl adjacent to an activating group) is 1. The maximum absolute atomic E-state index is 11.5. The smallest absolute Gasteiger partial charge is 0.224 e. The Balaban J connectivity index is 1.49. The first-order valence-electron chi connectivity index (χ1n) is 9.74. The van der Waals surface area contributed by atoms with Crippen molar-refractivity contribution < 1.29 is 4.79 Å². The Morgan fingerprint density at radius 3 is 2.62 bits per heavy atom. The quantitative estimate of drug-likeness (QED) is 0.923. The molecule has 1 N–H and O–H groups in total. The SMILES string of the molecule is CNC(=O)Cc1ccc(-c2ccc3c(c2)CCN(C2CCC2)CC3)nc1. The molecule has 0 radical (unpaired) electrons. The van der Waals surface area contributed by atoms with Crippen LogP contribution in [0, 0.1) is 0 Å². The number of hydrogen-bond acceptors (Lipinski definition) is 3. The van der Waals surface area contributed by atoms with Gasteiger partial charge in [-0.3, -0.25) is 14.7 Å². The second-order valence-corrected chi connectivity index (χ2v) is 7.51. The van der Waals surface area contributed by atoms with Crippen LogP contribution in [0.2, 0.25) is 0 Å². The summed E-state index contributed by atoms with van der Waals surface area (Å²) in [6.07, 6.45) is 8.65. The number of nitrogens with zero attached hydrogens (tertiary/aromatic N) is 2. The number of benzene rings is 1. The van der Waals surface area contributed by atoms with Gasteiger partial charge in [-0.15, -0.1) is 0 Å². The Labute approximate surface area is 155 Å². The lowest BCUT2D eigenvalue weighted by Gasteiger charge is -2.36. The van der Waals surface area contributed by atoms with E-state index < -0.39 is 0 Å². The highest BCUT2D eigenvalue weighted by molar-refractivity contribution is 5.78. The molecule has 2 aliphatic rings. The van der Waals surface area contributed by atoms with E-state index in [9.17, 15) is 4.79 Å². The topological polar surface area (TPSA) is 45.2 Å². The number of amides is 1. The van der Waals surface area contributed by atoms with E-state index >= 15 is 0 Å². The van der Waals surface area contributed by atoms with Gasteiger partial charge in [-0.25, -0.2) is 0 Å². The van der Waals surface area contributed by atoms with Crippen LogP contribution in [0.15, 0.2) is 36.5 Å². The summed E-state index contributed by atoms with van der Waals surface area (Å²) in [6, 6.07) is 11.7. The zero-order valence-corrected chi connectivity index (χ0v) is 15.5. The lowest BCUT2D eigenvalue weighted by Crippen LogP contribution is -2.41. The number of aromatic nitrogens is 1. The normalized spacial score (nSPS) is 17.9. The summed E-state index contributed by atoms with van der Waals surface area (Å²) in [6.45, 7) is 2.38. The minimum absolute atomic E-state index is 0.0144. The largest absolute Gasteiger partial charge is 0.359 e. The van der Waals surface area contributed by atoms with Crippen LogP contribution in [-0.2, 0) is 24.1 Å². The molecule has 1 fully saturated rings. The molecule has 1 aromatic carbocycles. The van der Waals surface area contributed by atoms with Gasteiger partial charge in [0.25, 0.3) is 0 Å². The van der Waals surface area contributed by atoms with Gasteiger partial charge in [0.15, 0.2) is 0 Å². The standard InChI is InChI=1S/C22H27N3O/c1-23-22(26)13-16-5-8-21(24-15-16)19-7-6-17-9-11-25(20-3-2-4-20)12-10-18(17)14-19/h5-8,14-15,20H,2-4,9-13H2,1H3,(H,23,26). The molecule has 4 heteroatoms. The Morgan fingerprint density at radius 2 is 1.96 bits per heavy atom. The second-order valence-electron chi connectivity index (χ2n) is 7.51. The minimum atomic E-state index is 0.0144. The maximum Gasteiger partial charge on any atom is 0.224 e. The van der Waals surface area contributed by atoms with Crippen LogP contribution >= 0.6 is 0 Å². The zero-order chi connectivity index (χ0) is 17.9. The average Bonchev–Trinajstić information content (AvgIpc) is 2.83. The molecule has 0 bridgehead atoms. The first kappa shape index (κ1) is 17.2. The van der Waals surface area contributed by atoms with E-state index in [1.807, 2.05) is 18.3 Å². The van der Waals surface area contributed by atoms with Gasteiger partial charge in [-0.05, 0) is 54.5 Å². The van der Waals surface area contributed by atoms with Gasteiger partial charge >= 0.3 is 0 Å². The Bertz CT molecular complexity index is 780. The number of pyridine rings is 1. The third kappa shape index (κ3) is 3.65. The average molecular weight is 349 g/mol. The van der Waals surface area contributed by atoms with Crippen molar-refractivity contribution in [3.05, 3.63) is 53.2 Å². The van der Waals surface area contributed by atoms with E-state index in [0.717, 1.165) is 30.1 Å². The minimum Gasteiger partial charge on any atom is -0.359 e. The van der Waals surface area contributed by atoms with Crippen LogP contribution in [0.1, 0.15) is 36.0 Å². The fourth-order valence-electron chi connectivity index (χ4n) is 3.99. The van der Waals surface area contributed by atoms with Crippen LogP contribution < -0.4 is 5.32 Å². The molecule has 1 aliphatic carbocycles. The summed E-state index contributed by atoms with van der Waals surface area (Å²) >= 11 is 0. The predicted molar refractivity (Wildman–Crippen MR) is 104 cm³/mol. The van der Waals surface area contributed by atoms with Crippen LogP contribution in [0.4, 0.5) is 0 Å². The van der Waals surface area contributed by atoms with Crippen molar-refractivity contribution in [2.75, 3.05) is 20.1 Å². The summed E-state index contributed by atoms with van der Waals surface area (Å²) in [7, 11) is 1.66. The lowest BCUT2D eigenvalue weighted by molar-refractivity contribution is -0.119. The third-order valence-corrected chi connectivity index (χ3v) is 5.90. The highest BCUT2D eigenvalue weighted by Gasteiger charge is 2.26. The van der Waals surface area contributed by atoms with Gasteiger partial charge in [-0.1, -0.05) is 24.6 Å². The Morgan fingerprint density at radius 1 is 1.15 bits per heavy atom. The number of rotatable bonds is 4. The van der Waals surface area contributed by atoms with E-state index in [1.54, 1.807) is 7.05 Å². The lowest BCUT2D eigenvalue weighted by atomic mass is 9.91. The Kier molecular flexibility index (Phi) is 5.02. The molecule has 4 nitrogen and oxygen atoms in total. The molecule has 0 saturated heterocycles. The first-order chi connectivity index (χ1) is 12.7. The molecule has 1 aromatic heterocycles. The molecule has 1 aliphatic heterocycles. The van der Waals surface area contributed by atoms with E-state index in [4.69, 9.17) is 0 Å². The van der Waals surface area contributed by atoms with Crippen LogP contribution in [-0.4, -0.2) is 42.0 Å². The van der Waals surface area contributed by atoms with Crippen molar-refractivity contribution >= 4 is 5.91 Å². The number of fused-ring (bicyclic) bond motifs is 1. The number of hydrogen-bond donors (Lipinski definition) is 1. The molecule has 2 aromatic rings. The van der Waals surface area contributed by atoms with Gasteiger partial charge in [-0.2, -0.15) is 0 Å². The summed E-state index contributed by atoms with van der Waals surface area (Å²) in [5.74, 6) is 0.0144. The van der Waals surface area contributed by atoms with Crippen molar-refractivity contribution in [2.24, 2.45) is 0 Å². The van der Waals surface area contributed by atoms with Crippen molar-refractivity contribution in [3.63, 3.8) is 0 Å². The van der Waals surface area contributed by atoms with Crippen molar-refractivity contribution in [2.45, 2.75) is 44.6 Å². The van der Waals surface area contributed by atoms with E-state index in [2.05, 4.69) is 33.4 Å². The molecule has 2 heterocycles. The summed E-state index contributed by atoms with van der Waals surface area (Å²) < 4.78 is 0. The first-order valence-corrected chi connectivity index (χ1v) is 9.74. The summed E-state index contributed by atoms with van der Waals surface area (Å²) in [5.41, 5.74) is 6.06. The molecule has 136 valence electrons. The van der Waals surface area contributed by atoms with E-state index in [1.165, 1.54) is 49.0 Å². The van der Waals surface area contributed by atoms with E-state index in [-0.39, 0.29) is 5.91 Å². The van der Waals surface area contributed by atoms with Crippen LogP contribution in [0.25, 0.3) is 11.3 Å². The molecule has 26 heavy (non-hydrogen) atoms. The predicted octanol–water partition coefficient (Wildman–Crippen LogP) is 2.99. The molecular weight excluding hydrogens is 322 g/mol. The van der Waals surface area contributed by atoms with Gasteiger partial charge < -0.3 is 5.32 Å².